The second-order valence-electron chi connectivity index (χ2n) is 13.0. The summed E-state index contributed by atoms with van der Waals surface area (Å²) in [6, 6.07) is 45.3. The summed E-state index contributed by atoms with van der Waals surface area (Å²) >= 11 is 1.79. The number of aryl methyl sites for hydroxylation is 2. The van der Waals surface area contributed by atoms with Crippen molar-refractivity contribution >= 4 is 45.1 Å². The molecule has 51 heavy (non-hydrogen) atoms. The lowest BCUT2D eigenvalue weighted by atomic mass is 9.92. The fraction of sp³-hybridized carbons (Fsp3) is 0.0426. The number of hydrogen-bond donors (Lipinski definition) is 0. The Morgan fingerprint density at radius 1 is 0.392 bits per heavy atom. The van der Waals surface area contributed by atoms with E-state index in [9.17, 15) is 0 Å². The molecule has 5 heterocycles. The summed E-state index contributed by atoms with van der Waals surface area (Å²) in [6.07, 6.45) is 12.5. The van der Waals surface area contributed by atoms with Gasteiger partial charge in [0.2, 0.25) is 0 Å². The molecule has 4 heteroatoms. The molecule has 2 aromatic heterocycles. The maximum atomic E-state index is 5.42. The number of aliphatic imine (C=N–C) groups is 2. The van der Waals surface area contributed by atoms with Crippen molar-refractivity contribution in [2.75, 3.05) is 0 Å². The Labute approximate surface area is 301 Å². The number of benzene rings is 4. The first-order valence-electron chi connectivity index (χ1n) is 17.2. The molecular formula is C47H33N3S. The first-order chi connectivity index (χ1) is 25.1. The second kappa shape index (κ2) is 12.9. The van der Waals surface area contributed by atoms with Crippen LogP contribution in [-0.2, 0) is 0 Å². The molecule has 0 radical (unpaired) electrons. The molecule has 0 spiro atoms. The first kappa shape index (κ1) is 30.8. The normalized spacial score (nSPS) is 15.1. The van der Waals surface area contributed by atoms with Crippen LogP contribution in [0, 0.1) is 13.8 Å². The Hall–Kier alpha value is -6.23. The minimum absolute atomic E-state index is 0.908. The van der Waals surface area contributed by atoms with E-state index in [2.05, 4.69) is 166 Å². The molecule has 8 bridgehead atoms. The van der Waals surface area contributed by atoms with Gasteiger partial charge in [-0.25, -0.2) is 9.98 Å². The zero-order chi connectivity index (χ0) is 34.3. The van der Waals surface area contributed by atoms with Crippen molar-refractivity contribution in [1.82, 2.24) is 4.98 Å². The Bertz CT molecular complexity index is 2470. The summed E-state index contributed by atoms with van der Waals surface area (Å²) in [7, 11) is 0. The lowest BCUT2D eigenvalue weighted by Gasteiger charge is -2.15. The summed E-state index contributed by atoms with van der Waals surface area (Å²) in [5.41, 5.74) is 16.9. The molecule has 4 aromatic carbocycles. The fourth-order valence-corrected chi connectivity index (χ4v) is 8.17. The second-order valence-corrected chi connectivity index (χ2v) is 14.1. The van der Waals surface area contributed by atoms with Crippen LogP contribution in [0.5, 0.6) is 0 Å². The van der Waals surface area contributed by atoms with Crippen LogP contribution in [0.2, 0.25) is 0 Å². The highest BCUT2D eigenvalue weighted by atomic mass is 32.1. The minimum Gasteiger partial charge on any atom is -0.263 e. The quantitative estimate of drug-likeness (QED) is 0.184. The highest BCUT2D eigenvalue weighted by Crippen LogP contribution is 2.36. The van der Waals surface area contributed by atoms with Crippen molar-refractivity contribution in [3.05, 3.63) is 229 Å². The maximum Gasteiger partial charge on any atom is 0.0730 e. The van der Waals surface area contributed by atoms with Crippen molar-refractivity contribution in [3.8, 4) is 0 Å². The van der Waals surface area contributed by atoms with Gasteiger partial charge in [-0.2, -0.15) is 0 Å². The van der Waals surface area contributed by atoms with Gasteiger partial charge >= 0.3 is 0 Å². The number of rotatable bonds is 4. The molecule has 0 fully saturated rings. The molecule has 3 aliphatic rings. The summed E-state index contributed by atoms with van der Waals surface area (Å²) in [5, 5.41) is 0. The van der Waals surface area contributed by atoms with Gasteiger partial charge in [-0.1, -0.05) is 120 Å². The van der Waals surface area contributed by atoms with Crippen molar-refractivity contribution in [2.45, 2.75) is 13.8 Å². The topological polar surface area (TPSA) is 37.6 Å². The molecule has 0 N–H and O–H groups in total. The maximum absolute atomic E-state index is 5.42. The Morgan fingerprint density at radius 3 is 1.24 bits per heavy atom. The number of thiophene rings is 1. The van der Waals surface area contributed by atoms with Gasteiger partial charge in [0.25, 0.3) is 0 Å². The Kier molecular flexibility index (Phi) is 7.79. The number of hydrogen-bond acceptors (Lipinski definition) is 4. The van der Waals surface area contributed by atoms with E-state index in [-0.39, 0.29) is 0 Å². The van der Waals surface area contributed by atoms with Gasteiger partial charge in [0, 0.05) is 54.9 Å². The molecule has 0 aliphatic carbocycles. The third kappa shape index (κ3) is 5.80. The largest absolute Gasteiger partial charge is 0.263 e. The minimum atomic E-state index is 0.908. The van der Waals surface area contributed by atoms with Crippen molar-refractivity contribution < 1.29 is 0 Å². The molecule has 0 amide bonds. The van der Waals surface area contributed by atoms with Gasteiger partial charge in [0.05, 0.1) is 22.8 Å². The monoisotopic (exact) mass is 671 g/mol. The lowest BCUT2D eigenvalue weighted by molar-refractivity contribution is 1.27. The third-order valence-corrected chi connectivity index (χ3v) is 10.6. The van der Waals surface area contributed by atoms with E-state index >= 15 is 0 Å². The smallest absolute Gasteiger partial charge is 0.0730 e. The van der Waals surface area contributed by atoms with E-state index in [1.807, 2.05) is 12.4 Å². The van der Waals surface area contributed by atoms with Gasteiger partial charge in [-0.3, -0.25) is 4.98 Å². The molecule has 0 atom stereocenters. The molecule has 242 valence electrons. The number of nitrogens with zero attached hydrogens (tertiary/aromatic N) is 3. The van der Waals surface area contributed by atoms with E-state index < -0.39 is 0 Å². The Balaban J connectivity index is 1.43. The van der Waals surface area contributed by atoms with Crippen molar-refractivity contribution in [1.29, 1.82) is 0 Å². The van der Waals surface area contributed by atoms with Crippen LogP contribution in [0.15, 0.2) is 185 Å². The van der Waals surface area contributed by atoms with Gasteiger partial charge in [0.1, 0.15) is 0 Å². The van der Waals surface area contributed by atoms with Gasteiger partial charge in [-0.15, -0.1) is 11.3 Å². The summed E-state index contributed by atoms with van der Waals surface area (Å²) in [6.45, 7) is 4.26. The predicted octanol–water partition coefficient (Wildman–Crippen LogP) is 9.41. The van der Waals surface area contributed by atoms with Gasteiger partial charge < -0.3 is 0 Å². The van der Waals surface area contributed by atoms with E-state index in [0.29, 0.717) is 0 Å². The zero-order valence-electron chi connectivity index (χ0n) is 28.3. The van der Waals surface area contributed by atoms with E-state index in [1.54, 1.807) is 11.3 Å². The molecule has 9 rings (SSSR count). The molecule has 0 saturated heterocycles. The van der Waals surface area contributed by atoms with Gasteiger partial charge in [0.15, 0.2) is 0 Å². The van der Waals surface area contributed by atoms with Crippen LogP contribution < -0.4 is 9.06 Å². The first-order valence-corrected chi connectivity index (χ1v) is 18.0. The zero-order valence-corrected chi connectivity index (χ0v) is 29.2. The molecule has 0 unspecified atom stereocenters. The van der Waals surface area contributed by atoms with E-state index in [0.717, 1.165) is 87.6 Å². The average Bonchev–Trinajstić information content (AvgIpc) is 3.95. The van der Waals surface area contributed by atoms with Crippen molar-refractivity contribution in [2.24, 2.45) is 9.98 Å². The number of pyridine rings is 1. The lowest BCUT2D eigenvalue weighted by Crippen LogP contribution is -2.12. The summed E-state index contributed by atoms with van der Waals surface area (Å²) in [4.78, 5) is 15.7. The fourth-order valence-electron chi connectivity index (χ4n) is 7.01. The molecule has 3 nitrogen and oxygen atoms in total. The Morgan fingerprint density at radius 2 is 0.804 bits per heavy atom. The highest BCUT2D eigenvalue weighted by Gasteiger charge is 2.23. The third-order valence-electron chi connectivity index (χ3n) is 9.52. The standard InChI is InChI=1S/C47H33N3S/c1-30-13-17-34(18-14-30)46-40-23-21-38(49-40)44(32-9-5-3-6-10-32)36-27-37(29-48-28-36)45(33-11-7-4-8-12-33)39-22-24-41(50-39)47(43-26-25-42(46)51-43)35-19-15-31(2)16-20-35/h3-29H,1-2H3. The molecule has 3 aliphatic heterocycles. The summed E-state index contributed by atoms with van der Waals surface area (Å²) < 4.78 is 2.31. The van der Waals surface area contributed by atoms with Crippen LogP contribution in [0.3, 0.4) is 0 Å². The van der Waals surface area contributed by atoms with E-state index in [1.165, 1.54) is 11.1 Å². The molecule has 6 aromatic rings. The van der Waals surface area contributed by atoms with Gasteiger partial charge in [-0.05, 0) is 78.6 Å². The SMILES string of the molecule is Cc1ccc(C2=c3ccc(s3)=C(c3ccc(C)cc3)C3=NC(=C(c4ccccc4)c4cncc(c4)C(c4ccccc4)=C4C=CC2=N4)C=C3)cc1. The van der Waals surface area contributed by atoms with Crippen LogP contribution in [-0.4, -0.2) is 16.4 Å². The summed E-state index contributed by atoms with van der Waals surface area (Å²) in [5.74, 6) is 0. The number of allylic oxidation sites excluding steroid dienone is 4. The average molecular weight is 672 g/mol. The number of aromatic nitrogens is 1. The highest BCUT2D eigenvalue weighted by molar-refractivity contribution is 7.08. The van der Waals surface area contributed by atoms with Crippen molar-refractivity contribution in [3.63, 3.8) is 0 Å². The van der Waals surface area contributed by atoms with Crippen LogP contribution >= 0.6 is 11.3 Å². The van der Waals surface area contributed by atoms with Crippen LogP contribution in [0.25, 0.3) is 22.3 Å². The molecular weight excluding hydrogens is 639 g/mol. The number of fused-ring (bicyclic) bond motifs is 6. The van der Waals surface area contributed by atoms with E-state index in [4.69, 9.17) is 15.0 Å². The van der Waals surface area contributed by atoms with Crippen LogP contribution in [0.4, 0.5) is 0 Å². The van der Waals surface area contributed by atoms with Crippen LogP contribution in [0.1, 0.15) is 44.5 Å². The molecule has 0 saturated carbocycles. The predicted molar refractivity (Wildman–Crippen MR) is 213 cm³/mol.